The van der Waals surface area contributed by atoms with Crippen LogP contribution in [0.4, 0.5) is 10.5 Å². The molecule has 5 heteroatoms. The van der Waals surface area contributed by atoms with Crippen molar-refractivity contribution >= 4 is 29.4 Å². The van der Waals surface area contributed by atoms with Crippen LogP contribution in [0.15, 0.2) is 30.3 Å². The van der Waals surface area contributed by atoms with Crippen LogP contribution in [0, 0.1) is 0 Å². The summed E-state index contributed by atoms with van der Waals surface area (Å²) >= 11 is 5.14. The summed E-state index contributed by atoms with van der Waals surface area (Å²) in [6.45, 7) is 0. The Labute approximate surface area is 85.8 Å². The molecule has 0 aliphatic heterocycles. The van der Waals surface area contributed by atoms with Crippen LogP contribution in [-0.4, -0.2) is 17.9 Å². The molecule has 4 nitrogen and oxygen atoms in total. The minimum Gasteiger partial charge on any atom is -0.375 e. The molecule has 74 valence electrons. The summed E-state index contributed by atoms with van der Waals surface area (Å²) < 4.78 is 4.28. The van der Waals surface area contributed by atoms with Gasteiger partial charge < -0.3 is 4.74 Å². The van der Waals surface area contributed by atoms with E-state index in [2.05, 4.69) is 10.1 Å². The zero-order valence-corrected chi connectivity index (χ0v) is 7.95. The van der Waals surface area contributed by atoms with E-state index in [4.69, 9.17) is 11.6 Å². The number of para-hydroxylation sites is 1. The maximum atomic E-state index is 11.0. The average Bonchev–Trinajstić information content (AvgIpc) is 2.19. The number of carbonyl (C=O) groups excluding carboxylic acids is 2. The van der Waals surface area contributed by atoms with Crippen molar-refractivity contribution in [2.75, 3.05) is 11.2 Å². The zero-order chi connectivity index (χ0) is 10.4. The van der Waals surface area contributed by atoms with E-state index < -0.39 is 12.1 Å². The van der Waals surface area contributed by atoms with Gasteiger partial charge >= 0.3 is 12.1 Å². The number of carbonyl (C=O) groups is 2. The Morgan fingerprint density at radius 3 is 2.50 bits per heavy atom. The van der Waals surface area contributed by atoms with Gasteiger partial charge in [0.2, 0.25) is 0 Å². The number of anilines is 1. The highest BCUT2D eigenvalue weighted by Gasteiger charge is 2.08. The largest absolute Gasteiger partial charge is 0.419 e. The first-order chi connectivity index (χ1) is 6.72. The van der Waals surface area contributed by atoms with Gasteiger partial charge in [-0.3, -0.25) is 10.1 Å². The van der Waals surface area contributed by atoms with Gasteiger partial charge in [-0.25, -0.2) is 4.79 Å². The van der Waals surface area contributed by atoms with Gasteiger partial charge in [0.15, 0.2) is 0 Å². The van der Waals surface area contributed by atoms with E-state index in [-0.39, 0.29) is 5.88 Å². The molecule has 1 aromatic rings. The van der Waals surface area contributed by atoms with Gasteiger partial charge in [-0.15, -0.1) is 11.6 Å². The van der Waals surface area contributed by atoms with Crippen molar-refractivity contribution in [1.82, 2.24) is 0 Å². The number of hydrogen-bond acceptors (Lipinski definition) is 3. The molecule has 1 amide bonds. The number of nitrogens with one attached hydrogen (secondary N) is 1. The number of esters is 1. The summed E-state index contributed by atoms with van der Waals surface area (Å²) in [4.78, 5) is 21.6. The molecule has 1 rings (SSSR count). The summed E-state index contributed by atoms with van der Waals surface area (Å²) in [6.07, 6.45) is -0.832. The third-order valence-electron chi connectivity index (χ3n) is 1.34. The molecular weight excluding hydrogens is 206 g/mol. The minimum absolute atomic E-state index is 0.345. The van der Waals surface area contributed by atoms with Crippen molar-refractivity contribution in [1.29, 1.82) is 0 Å². The minimum atomic E-state index is -0.832. The molecule has 0 aromatic heterocycles. The first-order valence-electron chi connectivity index (χ1n) is 3.85. The lowest BCUT2D eigenvalue weighted by molar-refractivity contribution is -0.133. The normalized spacial score (nSPS) is 9.21. The van der Waals surface area contributed by atoms with Gasteiger partial charge in [0.1, 0.15) is 5.88 Å². The molecule has 0 unspecified atom stereocenters. The van der Waals surface area contributed by atoms with Crippen LogP contribution in [0.25, 0.3) is 0 Å². The van der Waals surface area contributed by atoms with Gasteiger partial charge in [-0.1, -0.05) is 18.2 Å². The van der Waals surface area contributed by atoms with Crippen LogP contribution in [0.3, 0.4) is 0 Å². The first-order valence-corrected chi connectivity index (χ1v) is 4.38. The van der Waals surface area contributed by atoms with Crippen LogP contribution >= 0.6 is 11.6 Å². The second kappa shape index (κ2) is 5.24. The molecule has 0 bridgehead atoms. The average molecular weight is 214 g/mol. The zero-order valence-electron chi connectivity index (χ0n) is 7.20. The number of benzene rings is 1. The van der Waals surface area contributed by atoms with E-state index >= 15 is 0 Å². The van der Waals surface area contributed by atoms with Crippen LogP contribution < -0.4 is 5.32 Å². The Morgan fingerprint density at radius 1 is 1.29 bits per heavy atom. The molecule has 0 saturated carbocycles. The standard InChI is InChI=1S/C9H8ClNO3/c10-6-8(12)14-9(13)11-7-4-2-1-3-5-7/h1-5H,6H2,(H,11,13). The predicted octanol–water partition coefficient (Wildman–Crippen LogP) is 2.00. The molecule has 0 heterocycles. The third kappa shape index (κ3) is 3.45. The number of ether oxygens (including phenoxy) is 1. The van der Waals surface area contributed by atoms with Crippen LogP contribution in [0.2, 0.25) is 0 Å². The lowest BCUT2D eigenvalue weighted by Gasteiger charge is -2.03. The molecule has 0 saturated heterocycles. The fourth-order valence-electron chi connectivity index (χ4n) is 0.796. The van der Waals surface area contributed by atoms with E-state index in [1.165, 1.54) is 0 Å². The number of halogens is 1. The Balaban J connectivity index is 2.46. The van der Waals surface area contributed by atoms with Crippen molar-refractivity contribution in [3.63, 3.8) is 0 Å². The molecule has 1 N–H and O–H groups in total. The molecule has 0 atom stereocenters. The third-order valence-corrected chi connectivity index (χ3v) is 1.55. The molecule has 0 aliphatic rings. The van der Waals surface area contributed by atoms with Crippen LogP contribution in [0.5, 0.6) is 0 Å². The highest BCUT2D eigenvalue weighted by atomic mass is 35.5. The second-order valence-corrected chi connectivity index (χ2v) is 2.65. The number of alkyl halides is 1. The molecule has 14 heavy (non-hydrogen) atoms. The maximum Gasteiger partial charge on any atom is 0.419 e. The molecule has 0 radical (unpaired) electrons. The van der Waals surface area contributed by atoms with Gasteiger partial charge in [-0.2, -0.15) is 0 Å². The van der Waals surface area contributed by atoms with Crippen molar-refractivity contribution in [3.05, 3.63) is 30.3 Å². The first kappa shape index (κ1) is 10.5. The van der Waals surface area contributed by atoms with Crippen molar-refractivity contribution in [2.24, 2.45) is 0 Å². The Morgan fingerprint density at radius 2 is 1.93 bits per heavy atom. The molecule has 0 fully saturated rings. The van der Waals surface area contributed by atoms with E-state index in [1.807, 2.05) is 0 Å². The van der Waals surface area contributed by atoms with E-state index in [0.717, 1.165) is 0 Å². The fourth-order valence-corrected chi connectivity index (χ4v) is 0.850. The Kier molecular flexibility index (Phi) is 3.94. The van der Waals surface area contributed by atoms with Gasteiger partial charge in [-0.05, 0) is 12.1 Å². The molecule has 0 aliphatic carbocycles. The topological polar surface area (TPSA) is 55.4 Å². The highest BCUT2D eigenvalue weighted by molar-refractivity contribution is 6.27. The summed E-state index contributed by atoms with van der Waals surface area (Å²) in [5.41, 5.74) is 0.555. The van der Waals surface area contributed by atoms with Gasteiger partial charge in [0.25, 0.3) is 0 Å². The summed E-state index contributed by atoms with van der Waals surface area (Å²) in [6, 6.07) is 8.65. The van der Waals surface area contributed by atoms with Crippen molar-refractivity contribution in [2.45, 2.75) is 0 Å². The van der Waals surface area contributed by atoms with Crippen molar-refractivity contribution in [3.8, 4) is 0 Å². The Bertz CT molecular complexity index is 326. The lowest BCUT2D eigenvalue weighted by Crippen LogP contribution is -2.18. The predicted molar refractivity (Wildman–Crippen MR) is 52.3 cm³/mol. The quantitative estimate of drug-likeness (QED) is 0.465. The summed E-state index contributed by atoms with van der Waals surface area (Å²) in [5, 5.41) is 2.37. The molecule has 0 spiro atoms. The van der Waals surface area contributed by atoms with E-state index in [9.17, 15) is 9.59 Å². The smallest absolute Gasteiger partial charge is 0.375 e. The number of amides is 1. The monoisotopic (exact) mass is 213 g/mol. The lowest BCUT2D eigenvalue weighted by atomic mass is 10.3. The summed E-state index contributed by atoms with van der Waals surface area (Å²) in [7, 11) is 0. The van der Waals surface area contributed by atoms with Crippen LogP contribution in [-0.2, 0) is 9.53 Å². The second-order valence-electron chi connectivity index (χ2n) is 2.39. The molecular formula is C9H8ClNO3. The SMILES string of the molecule is O=C(CCl)OC(=O)Nc1ccccc1. The summed E-state index contributed by atoms with van der Waals surface area (Å²) in [5.74, 6) is -1.12. The van der Waals surface area contributed by atoms with Crippen molar-refractivity contribution < 1.29 is 14.3 Å². The number of rotatable bonds is 2. The maximum absolute atomic E-state index is 11.0. The highest BCUT2D eigenvalue weighted by Crippen LogP contribution is 2.05. The number of hydrogen-bond donors (Lipinski definition) is 1. The van der Waals surface area contributed by atoms with E-state index in [0.29, 0.717) is 5.69 Å². The fraction of sp³-hybridized carbons (Fsp3) is 0.111. The van der Waals surface area contributed by atoms with Gasteiger partial charge in [0.05, 0.1) is 0 Å². The van der Waals surface area contributed by atoms with Crippen LogP contribution in [0.1, 0.15) is 0 Å². The van der Waals surface area contributed by atoms with Gasteiger partial charge in [0, 0.05) is 5.69 Å². The Hall–Kier alpha value is -1.55. The molecule has 1 aromatic carbocycles. The van der Waals surface area contributed by atoms with E-state index in [1.54, 1.807) is 30.3 Å².